The number of halogens is 5. The van der Waals surface area contributed by atoms with Gasteiger partial charge in [-0.25, -0.2) is 0 Å². The quantitative estimate of drug-likeness (QED) is 0.359. The largest absolute Gasteiger partial charge is 0.496 e. The molecule has 2 atom stereocenters. The number of hydrogen-bond acceptors (Lipinski definition) is 4. The van der Waals surface area contributed by atoms with Crippen LogP contribution < -0.4 is 4.74 Å². The zero-order valence-electron chi connectivity index (χ0n) is 20.8. The third-order valence-corrected chi connectivity index (χ3v) is 7.52. The molecule has 202 valence electrons. The minimum atomic E-state index is -4.72. The van der Waals surface area contributed by atoms with Gasteiger partial charge in [0.05, 0.1) is 40.4 Å². The van der Waals surface area contributed by atoms with E-state index in [1.807, 2.05) is 6.07 Å². The monoisotopic (exact) mass is 575 g/mol. The Hall–Kier alpha value is -3.74. The minimum absolute atomic E-state index is 0.119. The normalized spacial score (nSPS) is 17.0. The van der Waals surface area contributed by atoms with Crippen LogP contribution in [0.3, 0.4) is 0 Å². The molecule has 1 heterocycles. The van der Waals surface area contributed by atoms with Gasteiger partial charge in [0.2, 0.25) is 0 Å². The van der Waals surface area contributed by atoms with E-state index in [0.29, 0.717) is 21.2 Å². The number of ether oxygens (including phenoxy) is 1. The van der Waals surface area contributed by atoms with Crippen LogP contribution in [0.5, 0.6) is 5.75 Å². The van der Waals surface area contributed by atoms with Crippen molar-refractivity contribution < 1.29 is 27.5 Å². The average molecular weight is 576 g/mol. The first-order chi connectivity index (χ1) is 18.4. The Labute approximate surface area is 233 Å². The predicted molar refractivity (Wildman–Crippen MR) is 140 cm³/mol. The van der Waals surface area contributed by atoms with E-state index in [1.165, 1.54) is 30.1 Å². The molecule has 0 N–H and O–H groups in total. The van der Waals surface area contributed by atoms with Gasteiger partial charge in [-0.3, -0.25) is 9.59 Å². The molecule has 4 rings (SSSR count). The van der Waals surface area contributed by atoms with Crippen molar-refractivity contribution in [3.8, 4) is 11.8 Å². The summed E-state index contributed by atoms with van der Waals surface area (Å²) in [5.41, 5.74) is 0.253. The summed E-state index contributed by atoms with van der Waals surface area (Å²) in [7, 11) is 2.61. The molecule has 3 aromatic rings. The van der Waals surface area contributed by atoms with Gasteiger partial charge >= 0.3 is 6.18 Å². The van der Waals surface area contributed by atoms with Crippen LogP contribution in [0.1, 0.15) is 43.3 Å². The fraction of sp³-hybridized carbons (Fsp3) is 0.250. The summed E-state index contributed by atoms with van der Waals surface area (Å²) in [6.07, 6.45) is -4.72. The molecule has 0 aromatic heterocycles. The van der Waals surface area contributed by atoms with E-state index < -0.39 is 35.4 Å². The number of carbonyl (C=O) groups excluding carboxylic acids is 2. The fourth-order valence-corrected chi connectivity index (χ4v) is 5.01. The number of methoxy groups -OCH3 is 1. The van der Waals surface area contributed by atoms with Gasteiger partial charge in [-0.2, -0.15) is 18.4 Å². The Kier molecular flexibility index (Phi) is 8.09. The molecule has 0 spiro atoms. The molecule has 0 saturated carbocycles. The molecule has 1 aliphatic heterocycles. The van der Waals surface area contributed by atoms with Crippen molar-refractivity contribution in [3.63, 3.8) is 0 Å². The maximum absolute atomic E-state index is 13.6. The summed E-state index contributed by atoms with van der Waals surface area (Å²) in [6, 6.07) is 15.7. The molecule has 0 aliphatic carbocycles. The van der Waals surface area contributed by atoms with Crippen molar-refractivity contribution in [3.05, 3.63) is 98.5 Å². The standard InChI is InChI=1S/C28H22Cl2F3N3O3/c1-35(26(37)19-8-10-25(39-2)21(11-19)28(31,32)33)24-15-36(27(38)17-5-3-16(13-34)4-6-17)14-20(24)18-7-9-22(29)23(30)12-18/h3-12,20,24H,14-15H2,1-2H3/t20?,24-/m1/s1. The summed E-state index contributed by atoms with van der Waals surface area (Å²) < 4.78 is 45.6. The van der Waals surface area contributed by atoms with E-state index in [1.54, 1.807) is 35.2 Å². The Morgan fingerprint density at radius 2 is 1.67 bits per heavy atom. The number of hydrogen-bond donors (Lipinski definition) is 0. The third-order valence-electron chi connectivity index (χ3n) is 6.78. The Morgan fingerprint density at radius 1 is 1.00 bits per heavy atom. The summed E-state index contributed by atoms with van der Waals surface area (Å²) in [6.45, 7) is 0.337. The summed E-state index contributed by atoms with van der Waals surface area (Å²) >= 11 is 12.3. The zero-order chi connectivity index (χ0) is 28.5. The van der Waals surface area contributed by atoms with Crippen LogP contribution in [0.4, 0.5) is 13.2 Å². The number of benzene rings is 3. The highest BCUT2D eigenvalue weighted by Crippen LogP contribution is 2.38. The molecule has 0 bridgehead atoms. The first-order valence-corrected chi connectivity index (χ1v) is 12.5. The van der Waals surface area contributed by atoms with Gasteiger partial charge in [-0.15, -0.1) is 0 Å². The number of amides is 2. The van der Waals surface area contributed by atoms with Gasteiger partial charge in [0, 0.05) is 37.2 Å². The lowest BCUT2D eigenvalue weighted by Gasteiger charge is -2.29. The Morgan fingerprint density at radius 3 is 2.26 bits per heavy atom. The van der Waals surface area contributed by atoms with Crippen LogP contribution in [0.25, 0.3) is 0 Å². The van der Waals surface area contributed by atoms with Gasteiger partial charge in [0.25, 0.3) is 11.8 Å². The molecule has 0 radical (unpaired) electrons. The minimum Gasteiger partial charge on any atom is -0.496 e. The second kappa shape index (κ2) is 11.2. The highest BCUT2D eigenvalue weighted by molar-refractivity contribution is 6.42. The molecule has 1 unspecified atom stereocenters. The molecule has 39 heavy (non-hydrogen) atoms. The maximum atomic E-state index is 13.6. The molecule has 2 amide bonds. The number of likely N-dealkylation sites (tertiary alicyclic amines) is 1. The number of likely N-dealkylation sites (N-methyl/N-ethyl adjacent to an activating group) is 1. The Bertz CT molecular complexity index is 1460. The lowest BCUT2D eigenvalue weighted by Crippen LogP contribution is -2.42. The van der Waals surface area contributed by atoms with Crippen LogP contribution in [0, 0.1) is 11.3 Å². The second-order valence-electron chi connectivity index (χ2n) is 9.08. The molecular weight excluding hydrogens is 554 g/mol. The van der Waals surface area contributed by atoms with Crippen LogP contribution in [-0.2, 0) is 6.18 Å². The number of nitrogens with zero attached hydrogens (tertiary/aromatic N) is 3. The van der Waals surface area contributed by atoms with E-state index in [4.69, 9.17) is 33.2 Å². The molecule has 1 fully saturated rings. The highest BCUT2D eigenvalue weighted by Gasteiger charge is 2.41. The van der Waals surface area contributed by atoms with Crippen molar-refractivity contribution in [2.75, 3.05) is 27.2 Å². The van der Waals surface area contributed by atoms with Gasteiger partial charge < -0.3 is 14.5 Å². The molecule has 1 aliphatic rings. The summed E-state index contributed by atoms with van der Waals surface area (Å²) in [5, 5.41) is 9.67. The highest BCUT2D eigenvalue weighted by atomic mass is 35.5. The van der Waals surface area contributed by atoms with Crippen molar-refractivity contribution >= 4 is 35.0 Å². The SMILES string of the molecule is COc1ccc(C(=O)N(C)[C@@H]2CN(C(=O)c3ccc(C#N)cc3)CC2c2ccc(Cl)c(Cl)c2)cc1C(F)(F)F. The molecule has 11 heteroatoms. The molecular formula is C28H22Cl2F3N3O3. The topological polar surface area (TPSA) is 73.6 Å². The smallest absolute Gasteiger partial charge is 0.419 e. The second-order valence-corrected chi connectivity index (χ2v) is 9.89. The van der Waals surface area contributed by atoms with Gasteiger partial charge in [-0.1, -0.05) is 29.3 Å². The molecule has 1 saturated heterocycles. The lowest BCUT2D eigenvalue weighted by atomic mass is 9.93. The van der Waals surface area contributed by atoms with Gasteiger partial charge in [0.1, 0.15) is 5.75 Å². The summed E-state index contributed by atoms with van der Waals surface area (Å²) in [4.78, 5) is 29.7. The average Bonchev–Trinajstić information content (AvgIpc) is 3.38. The number of nitriles is 1. The van der Waals surface area contributed by atoms with Gasteiger partial charge in [-0.05, 0) is 60.2 Å². The Balaban J connectivity index is 1.68. The fourth-order valence-electron chi connectivity index (χ4n) is 4.70. The van der Waals surface area contributed by atoms with Crippen LogP contribution >= 0.6 is 23.2 Å². The van der Waals surface area contributed by atoms with Crippen molar-refractivity contribution in [2.45, 2.75) is 18.1 Å². The van der Waals surface area contributed by atoms with Gasteiger partial charge in [0.15, 0.2) is 0 Å². The number of rotatable bonds is 5. The number of alkyl halides is 3. The third kappa shape index (κ3) is 5.82. The lowest BCUT2D eigenvalue weighted by molar-refractivity contribution is -0.138. The molecule has 3 aromatic carbocycles. The summed E-state index contributed by atoms with van der Waals surface area (Å²) in [5.74, 6) is -1.76. The van der Waals surface area contributed by atoms with Crippen LogP contribution in [-0.4, -0.2) is 54.9 Å². The van der Waals surface area contributed by atoms with E-state index in [-0.39, 0.29) is 24.6 Å². The van der Waals surface area contributed by atoms with Crippen LogP contribution in [0.2, 0.25) is 10.0 Å². The van der Waals surface area contributed by atoms with E-state index in [2.05, 4.69) is 0 Å². The van der Waals surface area contributed by atoms with Crippen molar-refractivity contribution in [1.29, 1.82) is 5.26 Å². The van der Waals surface area contributed by atoms with Crippen molar-refractivity contribution in [1.82, 2.24) is 9.80 Å². The predicted octanol–water partition coefficient (Wildman–Crippen LogP) is 6.27. The van der Waals surface area contributed by atoms with Crippen molar-refractivity contribution in [2.24, 2.45) is 0 Å². The maximum Gasteiger partial charge on any atom is 0.419 e. The zero-order valence-corrected chi connectivity index (χ0v) is 22.3. The van der Waals surface area contributed by atoms with E-state index >= 15 is 0 Å². The first-order valence-electron chi connectivity index (χ1n) is 11.7. The van der Waals surface area contributed by atoms with Crippen LogP contribution in [0.15, 0.2) is 60.7 Å². The first kappa shape index (κ1) is 28.3. The van der Waals surface area contributed by atoms with E-state index in [0.717, 1.165) is 24.8 Å². The number of carbonyl (C=O) groups is 2. The molecule has 6 nitrogen and oxygen atoms in total. The van der Waals surface area contributed by atoms with E-state index in [9.17, 15) is 22.8 Å².